The molecule has 2 atom stereocenters. The first-order valence-corrected chi connectivity index (χ1v) is 14.6. The lowest BCUT2D eigenvalue weighted by molar-refractivity contribution is 0.0926. The highest BCUT2D eigenvalue weighted by molar-refractivity contribution is 6.01. The van der Waals surface area contributed by atoms with Crippen LogP contribution in [0.4, 0.5) is 24.7 Å². The van der Waals surface area contributed by atoms with Gasteiger partial charge in [0.25, 0.3) is 0 Å². The maximum Gasteiger partial charge on any atom is 0.223 e. The van der Waals surface area contributed by atoms with E-state index in [0.717, 1.165) is 18.9 Å². The summed E-state index contributed by atoms with van der Waals surface area (Å²) in [5, 5.41) is 3.67. The van der Waals surface area contributed by atoms with E-state index in [0.29, 0.717) is 40.4 Å². The van der Waals surface area contributed by atoms with E-state index >= 15 is 4.39 Å². The summed E-state index contributed by atoms with van der Waals surface area (Å²) in [6, 6.07) is 18.2. The topological polar surface area (TPSA) is 54.3 Å². The lowest BCUT2D eigenvalue weighted by atomic mass is 9.62. The van der Waals surface area contributed by atoms with Crippen LogP contribution in [0.15, 0.2) is 72.9 Å². The van der Waals surface area contributed by atoms with Crippen molar-refractivity contribution in [3.63, 3.8) is 0 Å². The first-order valence-electron chi connectivity index (χ1n) is 14.6. The molecule has 0 saturated heterocycles. The molecule has 5 aromatic rings. The number of fused-ring (bicyclic) bond motifs is 4. The summed E-state index contributed by atoms with van der Waals surface area (Å²) in [5.41, 5.74) is 1.08. The van der Waals surface area contributed by atoms with Gasteiger partial charge in [0.05, 0.1) is 17.8 Å². The van der Waals surface area contributed by atoms with E-state index in [-0.39, 0.29) is 39.7 Å². The Bertz CT molecular complexity index is 1850. The number of halogens is 3. The van der Waals surface area contributed by atoms with Gasteiger partial charge in [0.1, 0.15) is 23.1 Å². The van der Waals surface area contributed by atoms with Gasteiger partial charge in [0.2, 0.25) is 5.69 Å². The van der Waals surface area contributed by atoms with E-state index in [1.54, 1.807) is 24.3 Å². The number of benzene rings is 3. The van der Waals surface area contributed by atoms with Crippen LogP contribution in [-0.2, 0) is 0 Å². The molecule has 3 saturated carbocycles. The molecule has 2 unspecified atom stereocenters. The number of nitrogens with zero attached hydrogens (tertiary/aromatic N) is 2. The number of pyridine rings is 1. The Balaban J connectivity index is 1.38. The van der Waals surface area contributed by atoms with Crippen molar-refractivity contribution in [3.8, 4) is 33.9 Å². The molecule has 8 rings (SSSR count). The second kappa shape index (κ2) is 10.8. The molecule has 2 aromatic heterocycles. The number of aromatic amines is 1. The van der Waals surface area contributed by atoms with Crippen molar-refractivity contribution in [3.05, 3.63) is 102 Å². The summed E-state index contributed by atoms with van der Waals surface area (Å²) in [5.74, 6) is 0.437. The molecule has 3 fully saturated rings. The van der Waals surface area contributed by atoms with Gasteiger partial charge in [-0.25, -0.2) is 23.0 Å². The molecule has 43 heavy (non-hydrogen) atoms. The van der Waals surface area contributed by atoms with Gasteiger partial charge in [-0.2, -0.15) is 0 Å². The van der Waals surface area contributed by atoms with Crippen LogP contribution in [0.1, 0.15) is 32.6 Å². The van der Waals surface area contributed by atoms with E-state index in [1.165, 1.54) is 25.1 Å². The summed E-state index contributed by atoms with van der Waals surface area (Å²) in [6.45, 7) is 10.3. The third kappa shape index (κ3) is 4.79. The number of H-pyrrole nitrogens is 1. The van der Waals surface area contributed by atoms with Gasteiger partial charge in [-0.3, -0.25) is 0 Å². The van der Waals surface area contributed by atoms with E-state index < -0.39 is 17.5 Å². The van der Waals surface area contributed by atoms with Crippen molar-refractivity contribution in [2.24, 2.45) is 17.8 Å². The highest BCUT2D eigenvalue weighted by Gasteiger charge is 2.42. The maximum absolute atomic E-state index is 16.6. The Morgan fingerprint density at radius 2 is 1.63 bits per heavy atom. The molecule has 3 aromatic carbocycles. The SMILES string of the molecule is [C-]#[N+]c1c(-c2c[nH]c3c(F)cc(F)cc23)nc(NC2C3CCC(CC3)C2C)c(F)c1-c1ccc(Oc2ccccc2)cc1. The van der Waals surface area contributed by atoms with Crippen LogP contribution in [0.25, 0.3) is 38.1 Å². The molecule has 0 amide bonds. The third-order valence-electron chi connectivity index (χ3n) is 9.24. The van der Waals surface area contributed by atoms with Gasteiger partial charge < -0.3 is 15.0 Å². The van der Waals surface area contributed by atoms with Crippen LogP contribution < -0.4 is 10.1 Å². The molecule has 5 nitrogen and oxygen atoms in total. The lowest BCUT2D eigenvalue weighted by Gasteiger charge is -2.47. The van der Waals surface area contributed by atoms with Crippen LogP contribution >= 0.6 is 0 Å². The Labute approximate surface area is 247 Å². The fourth-order valence-corrected chi connectivity index (χ4v) is 7.03. The summed E-state index contributed by atoms with van der Waals surface area (Å²) in [4.78, 5) is 11.3. The number of aromatic nitrogens is 2. The van der Waals surface area contributed by atoms with Crippen LogP contribution in [0.5, 0.6) is 11.5 Å². The van der Waals surface area contributed by atoms with Crippen molar-refractivity contribution >= 4 is 22.4 Å². The second-order valence-electron chi connectivity index (χ2n) is 11.6. The molecule has 8 heteroatoms. The van der Waals surface area contributed by atoms with Crippen molar-refractivity contribution < 1.29 is 17.9 Å². The summed E-state index contributed by atoms with van der Waals surface area (Å²) < 4.78 is 51.5. The van der Waals surface area contributed by atoms with E-state index in [9.17, 15) is 8.78 Å². The first kappa shape index (κ1) is 27.1. The summed E-state index contributed by atoms with van der Waals surface area (Å²) >= 11 is 0. The minimum atomic E-state index is -0.757. The van der Waals surface area contributed by atoms with Crippen LogP contribution in [0, 0.1) is 41.8 Å². The molecular formula is C35H29F3N4O. The molecule has 2 N–H and O–H groups in total. The predicted octanol–water partition coefficient (Wildman–Crippen LogP) is 9.89. The Morgan fingerprint density at radius 3 is 2.33 bits per heavy atom. The fourth-order valence-electron chi connectivity index (χ4n) is 7.03. The van der Waals surface area contributed by atoms with E-state index in [2.05, 4.69) is 27.1 Å². The van der Waals surface area contributed by atoms with Gasteiger partial charge >= 0.3 is 0 Å². The number of para-hydroxylation sites is 1. The average Bonchev–Trinajstić information content (AvgIpc) is 3.44. The second-order valence-corrected chi connectivity index (χ2v) is 11.6. The molecule has 0 spiro atoms. The van der Waals surface area contributed by atoms with Crippen LogP contribution in [0.3, 0.4) is 0 Å². The van der Waals surface area contributed by atoms with Gasteiger partial charge in [-0.1, -0.05) is 37.3 Å². The molecule has 3 aliphatic carbocycles. The highest BCUT2D eigenvalue weighted by atomic mass is 19.1. The standard InChI is InChI=1S/C35H29F3N4O/c1-19-20-8-10-22(11-9-20)31(19)41-35-30(38)29(21-12-14-25(15-13-21)43-24-6-4-3-5-7-24)34(39-2)33(42-35)27-18-40-32-26(27)16-23(36)17-28(32)37/h3-7,12-20,22,31,40H,8-11H2,1H3,(H,41,42). The Morgan fingerprint density at radius 1 is 0.930 bits per heavy atom. The average molecular weight is 579 g/mol. The zero-order chi connectivity index (χ0) is 29.7. The smallest absolute Gasteiger partial charge is 0.223 e. The third-order valence-corrected chi connectivity index (χ3v) is 9.24. The predicted molar refractivity (Wildman–Crippen MR) is 162 cm³/mol. The van der Waals surface area contributed by atoms with Gasteiger partial charge in [-0.05, 0) is 79.3 Å². The van der Waals surface area contributed by atoms with Crippen molar-refractivity contribution in [1.29, 1.82) is 0 Å². The lowest BCUT2D eigenvalue weighted by Crippen LogP contribution is -2.47. The molecule has 2 bridgehead atoms. The molecule has 0 aliphatic heterocycles. The summed E-state index contributed by atoms with van der Waals surface area (Å²) in [7, 11) is 0. The monoisotopic (exact) mass is 578 g/mol. The van der Waals surface area contributed by atoms with Gasteiger partial charge in [0.15, 0.2) is 11.6 Å². The van der Waals surface area contributed by atoms with Gasteiger partial charge in [0, 0.05) is 34.8 Å². The quantitative estimate of drug-likeness (QED) is 0.197. The van der Waals surface area contributed by atoms with Crippen LogP contribution in [-0.4, -0.2) is 16.0 Å². The Hall–Kier alpha value is -4.77. The maximum atomic E-state index is 16.6. The number of rotatable bonds is 6. The normalized spacial score (nSPS) is 21.1. The minimum Gasteiger partial charge on any atom is -0.457 e. The number of hydrogen-bond donors (Lipinski definition) is 2. The fraction of sp³-hybridized carbons (Fsp3) is 0.257. The summed E-state index contributed by atoms with van der Waals surface area (Å²) in [6.07, 6.45) is 6.02. The molecule has 2 heterocycles. The molecular weight excluding hydrogens is 549 g/mol. The molecule has 0 radical (unpaired) electrons. The van der Waals surface area contributed by atoms with Crippen molar-refractivity contribution in [2.45, 2.75) is 38.6 Å². The van der Waals surface area contributed by atoms with E-state index in [1.807, 2.05) is 30.3 Å². The van der Waals surface area contributed by atoms with E-state index in [4.69, 9.17) is 11.3 Å². The first-order chi connectivity index (χ1) is 20.9. The Kier molecular flexibility index (Phi) is 6.81. The van der Waals surface area contributed by atoms with Gasteiger partial charge in [-0.15, -0.1) is 0 Å². The largest absolute Gasteiger partial charge is 0.457 e. The highest BCUT2D eigenvalue weighted by Crippen LogP contribution is 2.48. The van der Waals surface area contributed by atoms with Crippen molar-refractivity contribution in [2.75, 3.05) is 5.32 Å². The minimum absolute atomic E-state index is 0.0356. The zero-order valence-corrected chi connectivity index (χ0v) is 23.5. The van der Waals surface area contributed by atoms with Crippen LogP contribution in [0.2, 0.25) is 0 Å². The molecule has 216 valence electrons. The zero-order valence-electron chi connectivity index (χ0n) is 23.5. The number of nitrogens with one attached hydrogen (secondary N) is 2. The molecule has 3 aliphatic rings. The number of anilines is 1. The number of hydrogen-bond acceptors (Lipinski definition) is 3. The van der Waals surface area contributed by atoms with Crippen molar-refractivity contribution in [1.82, 2.24) is 9.97 Å². The number of ether oxygens (including phenoxy) is 1.